The Bertz CT molecular complexity index is 252. The number of nitrogens with one attached hydrogen (secondary N) is 1. The third-order valence-corrected chi connectivity index (χ3v) is 2.00. The Kier molecular flexibility index (Phi) is 10.7. The molecule has 1 aromatic rings. The molecule has 1 aromatic carbocycles. The highest BCUT2D eigenvalue weighted by Crippen LogP contribution is 2.11. The number of benzene rings is 1. The largest absolute Gasteiger partial charge is 0.412 e. The molecule has 0 saturated carbocycles. The van der Waals surface area contributed by atoms with E-state index < -0.39 is 0 Å². The van der Waals surface area contributed by atoms with Crippen LogP contribution in [-0.4, -0.2) is 23.2 Å². The zero-order valence-corrected chi connectivity index (χ0v) is 10.7. The minimum atomic E-state index is -0.167. The van der Waals surface area contributed by atoms with Crippen LogP contribution in [0.25, 0.3) is 0 Å². The third-order valence-electron chi connectivity index (χ3n) is 2.00. The summed E-state index contributed by atoms with van der Waals surface area (Å²) in [5, 5.41) is 11.4. The summed E-state index contributed by atoms with van der Waals surface area (Å²) in [4.78, 5) is 0. The second kappa shape index (κ2) is 9.60. The van der Waals surface area contributed by atoms with Crippen LogP contribution in [0.2, 0.25) is 0 Å². The summed E-state index contributed by atoms with van der Waals surface area (Å²) in [5.74, 6) is 0. The fourth-order valence-electron chi connectivity index (χ4n) is 1.42. The van der Waals surface area contributed by atoms with Crippen molar-refractivity contribution in [3.63, 3.8) is 0 Å². The molecule has 94 valence electrons. The Labute approximate surface area is 104 Å². The minimum absolute atomic E-state index is 0. The van der Waals surface area contributed by atoms with E-state index in [1.165, 1.54) is 17.5 Å². The molecule has 0 radical (unpaired) electrons. The standard InChI is InChI=1S/C9H11N.C3H8O.ClH.H2O/c1-2-4-9-7-10-6-5-8(9)3-1;1-3(2)4;;/h1-4,10H,5-7H2;3-4H,1-2H3;1H;1H2. The molecule has 0 amide bonds. The minimum Gasteiger partial charge on any atom is -0.412 e. The van der Waals surface area contributed by atoms with Crippen molar-refractivity contribution in [1.29, 1.82) is 0 Å². The normalized spacial score (nSPS) is 12.5. The van der Waals surface area contributed by atoms with Gasteiger partial charge < -0.3 is 15.9 Å². The second-order valence-corrected chi connectivity index (χ2v) is 3.79. The summed E-state index contributed by atoms with van der Waals surface area (Å²) in [6.07, 6.45) is 1.02. The number of rotatable bonds is 0. The van der Waals surface area contributed by atoms with Crippen molar-refractivity contribution in [1.82, 2.24) is 5.32 Å². The molecule has 0 aliphatic carbocycles. The average molecular weight is 248 g/mol. The number of fused-ring (bicyclic) bond motifs is 1. The Balaban J connectivity index is 0. The number of aliphatic hydroxyl groups excluding tert-OH is 1. The Morgan fingerprint density at radius 2 is 1.69 bits per heavy atom. The van der Waals surface area contributed by atoms with Gasteiger partial charge in [0, 0.05) is 12.6 Å². The first-order valence-corrected chi connectivity index (χ1v) is 5.15. The van der Waals surface area contributed by atoms with Crippen molar-refractivity contribution in [2.45, 2.75) is 32.9 Å². The third kappa shape index (κ3) is 6.80. The van der Waals surface area contributed by atoms with E-state index >= 15 is 0 Å². The predicted octanol–water partition coefficient (Wildman–Crippen LogP) is 1.32. The molecular formula is C12H22ClNO2. The summed E-state index contributed by atoms with van der Waals surface area (Å²) in [7, 11) is 0. The van der Waals surface area contributed by atoms with Crippen LogP contribution in [0.15, 0.2) is 24.3 Å². The Morgan fingerprint density at radius 1 is 1.19 bits per heavy atom. The number of hydrogen-bond donors (Lipinski definition) is 2. The van der Waals surface area contributed by atoms with Crippen LogP contribution in [0.5, 0.6) is 0 Å². The van der Waals surface area contributed by atoms with Crippen molar-refractivity contribution < 1.29 is 10.6 Å². The van der Waals surface area contributed by atoms with E-state index in [1.807, 2.05) is 0 Å². The van der Waals surface area contributed by atoms with Gasteiger partial charge in [0.05, 0.1) is 0 Å². The van der Waals surface area contributed by atoms with Gasteiger partial charge in [-0.1, -0.05) is 24.3 Å². The fraction of sp³-hybridized carbons (Fsp3) is 0.500. The van der Waals surface area contributed by atoms with Crippen molar-refractivity contribution in [2.24, 2.45) is 0 Å². The van der Waals surface area contributed by atoms with Gasteiger partial charge in [-0.2, -0.15) is 0 Å². The summed E-state index contributed by atoms with van der Waals surface area (Å²) in [6, 6.07) is 8.63. The number of aliphatic hydroxyl groups is 1. The molecule has 4 N–H and O–H groups in total. The van der Waals surface area contributed by atoms with E-state index in [-0.39, 0.29) is 24.0 Å². The summed E-state index contributed by atoms with van der Waals surface area (Å²) in [5.41, 5.74) is 2.98. The lowest BCUT2D eigenvalue weighted by Gasteiger charge is -2.15. The fourth-order valence-corrected chi connectivity index (χ4v) is 1.42. The highest BCUT2D eigenvalue weighted by atomic mass is 35.5. The predicted molar refractivity (Wildman–Crippen MR) is 70.1 cm³/mol. The van der Waals surface area contributed by atoms with Crippen LogP contribution in [0, 0.1) is 0 Å². The molecular weight excluding hydrogens is 226 g/mol. The summed E-state index contributed by atoms with van der Waals surface area (Å²) < 4.78 is 0. The van der Waals surface area contributed by atoms with Crippen LogP contribution in [0.4, 0.5) is 0 Å². The molecule has 1 aliphatic heterocycles. The van der Waals surface area contributed by atoms with Crippen LogP contribution < -0.4 is 5.32 Å². The van der Waals surface area contributed by atoms with Crippen LogP contribution >= 0.6 is 12.4 Å². The average Bonchev–Trinajstić information content (AvgIpc) is 2.17. The van der Waals surface area contributed by atoms with Crippen LogP contribution in [-0.2, 0) is 13.0 Å². The van der Waals surface area contributed by atoms with Crippen molar-refractivity contribution in [3.8, 4) is 0 Å². The van der Waals surface area contributed by atoms with E-state index in [0.29, 0.717) is 0 Å². The molecule has 4 heteroatoms. The Morgan fingerprint density at radius 3 is 2.19 bits per heavy atom. The van der Waals surface area contributed by atoms with Crippen molar-refractivity contribution in [2.75, 3.05) is 6.54 Å². The van der Waals surface area contributed by atoms with E-state index in [2.05, 4.69) is 29.6 Å². The van der Waals surface area contributed by atoms with Gasteiger partial charge in [-0.3, -0.25) is 0 Å². The van der Waals surface area contributed by atoms with Crippen molar-refractivity contribution >= 4 is 12.4 Å². The number of halogens is 1. The topological polar surface area (TPSA) is 63.8 Å². The molecule has 0 unspecified atom stereocenters. The molecule has 1 heterocycles. The maximum Gasteiger partial charge on any atom is 0.0483 e. The van der Waals surface area contributed by atoms with Crippen molar-refractivity contribution in [3.05, 3.63) is 35.4 Å². The van der Waals surface area contributed by atoms with E-state index in [1.54, 1.807) is 13.8 Å². The van der Waals surface area contributed by atoms with Crippen LogP contribution in [0.1, 0.15) is 25.0 Å². The summed E-state index contributed by atoms with van der Waals surface area (Å²) in [6.45, 7) is 5.63. The molecule has 0 saturated heterocycles. The van der Waals surface area contributed by atoms with E-state index in [0.717, 1.165) is 13.1 Å². The SMILES string of the molecule is CC(C)O.Cl.O.c1ccc2c(c1)CCNC2. The van der Waals surface area contributed by atoms with Gasteiger partial charge in [0.25, 0.3) is 0 Å². The van der Waals surface area contributed by atoms with Gasteiger partial charge in [0.2, 0.25) is 0 Å². The molecule has 2 rings (SSSR count). The first-order chi connectivity index (χ1) is 6.70. The molecule has 0 spiro atoms. The molecule has 0 fully saturated rings. The Hall–Kier alpha value is -0.610. The van der Waals surface area contributed by atoms with Gasteiger partial charge in [-0.25, -0.2) is 0 Å². The van der Waals surface area contributed by atoms with E-state index in [4.69, 9.17) is 5.11 Å². The lowest BCUT2D eigenvalue weighted by atomic mass is 10.0. The first-order valence-electron chi connectivity index (χ1n) is 5.15. The molecule has 0 aromatic heterocycles. The summed E-state index contributed by atoms with van der Waals surface area (Å²) >= 11 is 0. The molecule has 3 nitrogen and oxygen atoms in total. The zero-order valence-electron chi connectivity index (χ0n) is 9.86. The van der Waals surface area contributed by atoms with Gasteiger partial charge in [-0.15, -0.1) is 12.4 Å². The lowest BCUT2D eigenvalue weighted by molar-refractivity contribution is 0.216. The highest BCUT2D eigenvalue weighted by molar-refractivity contribution is 5.85. The first kappa shape index (κ1) is 17.8. The van der Waals surface area contributed by atoms with Crippen LogP contribution in [0.3, 0.4) is 0 Å². The van der Waals surface area contributed by atoms with Gasteiger partial charge >= 0.3 is 0 Å². The monoisotopic (exact) mass is 247 g/mol. The molecule has 16 heavy (non-hydrogen) atoms. The smallest absolute Gasteiger partial charge is 0.0483 e. The number of hydrogen-bond acceptors (Lipinski definition) is 2. The van der Waals surface area contributed by atoms with Gasteiger partial charge in [0.1, 0.15) is 0 Å². The molecule has 0 bridgehead atoms. The quantitative estimate of drug-likeness (QED) is 0.726. The maximum absolute atomic E-state index is 8.06. The highest BCUT2D eigenvalue weighted by Gasteiger charge is 2.05. The second-order valence-electron chi connectivity index (χ2n) is 3.79. The lowest BCUT2D eigenvalue weighted by Crippen LogP contribution is -2.23. The maximum atomic E-state index is 8.06. The van der Waals surface area contributed by atoms with Gasteiger partial charge in [-0.05, 0) is 37.9 Å². The molecule has 1 aliphatic rings. The zero-order chi connectivity index (χ0) is 10.4. The van der Waals surface area contributed by atoms with Gasteiger partial charge in [0.15, 0.2) is 0 Å². The van der Waals surface area contributed by atoms with E-state index in [9.17, 15) is 0 Å². The molecule has 0 atom stereocenters.